The summed E-state index contributed by atoms with van der Waals surface area (Å²) < 4.78 is 31.2. The average molecular weight is 245 g/mol. The summed E-state index contributed by atoms with van der Waals surface area (Å²) >= 11 is 0. The fraction of sp³-hybridized carbons (Fsp3) is 0.364. The van der Waals surface area contributed by atoms with E-state index in [2.05, 4.69) is 0 Å². The lowest BCUT2D eigenvalue weighted by molar-refractivity contribution is -0.137. The first kappa shape index (κ1) is 13.4. The number of carboxylic acid groups (broad SMARTS) is 1. The molecule has 0 aromatic heterocycles. The Morgan fingerprint density at radius 3 is 2.71 bits per heavy atom. The quantitative estimate of drug-likeness (QED) is 0.830. The predicted molar refractivity (Wildman–Crippen MR) is 56.7 cm³/mol. The van der Waals surface area contributed by atoms with E-state index in [0.717, 1.165) is 6.07 Å². The lowest BCUT2D eigenvalue weighted by Crippen LogP contribution is -2.14. The summed E-state index contributed by atoms with van der Waals surface area (Å²) in [6.45, 7) is 0. The van der Waals surface area contributed by atoms with E-state index in [1.165, 1.54) is 7.11 Å². The molecule has 0 spiro atoms. The summed E-state index contributed by atoms with van der Waals surface area (Å²) in [5.74, 6) is -2.79. The van der Waals surface area contributed by atoms with Crippen molar-refractivity contribution in [1.82, 2.24) is 0 Å². The van der Waals surface area contributed by atoms with Gasteiger partial charge in [-0.25, -0.2) is 8.78 Å². The summed E-state index contributed by atoms with van der Waals surface area (Å²) in [6.07, 6.45) is -0.100. The monoisotopic (exact) mass is 245 g/mol. The van der Waals surface area contributed by atoms with Crippen LogP contribution in [0.1, 0.15) is 24.4 Å². The SMILES string of the molecule is COc1c(F)cc(F)cc1C(N)CCC(=O)O. The molecule has 0 radical (unpaired) electrons. The third-order valence-corrected chi connectivity index (χ3v) is 2.31. The highest BCUT2D eigenvalue weighted by Crippen LogP contribution is 2.30. The lowest BCUT2D eigenvalue weighted by Gasteiger charge is -2.15. The molecule has 0 saturated heterocycles. The van der Waals surface area contributed by atoms with Crippen LogP contribution in [0.2, 0.25) is 0 Å². The van der Waals surface area contributed by atoms with Crippen LogP contribution in [-0.2, 0) is 4.79 Å². The molecule has 0 fully saturated rings. The van der Waals surface area contributed by atoms with Gasteiger partial charge in [0, 0.05) is 24.1 Å². The van der Waals surface area contributed by atoms with Crippen molar-refractivity contribution in [1.29, 1.82) is 0 Å². The van der Waals surface area contributed by atoms with Crippen LogP contribution in [0, 0.1) is 11.6 Å². The van der Waals surface area contributed by atoms with Gasteiger partial charge in [0.25, 0.3) is 0 Å². The summed E-state index contributed by atoms with van der Waals surface area (Å²) in [4.78, 5) is 10.4. The molecule has 1 atom stereocenters. The number of carbonyl (C=O) groups is 1. The lowest BCUT2D eigenvalue weighted by atomic mass is 10.0. The zero-order chi connectivity index (χ0) is 13.0. The fourth-order valence-corrected chi connectivity index (χ4v) is 1.51. The van der Waals surface area contributed by atoms with Gasteiger partial charge in [0.05, 0.1) is 7.11 Å². The van der Waals surface area contributed by atoms with E-state index in [1.54, 1.807) is 0 Å². The zero-order valence-corrected chi connectivity index (χ0v) is 9.24. The van der Waals surface area contributed by atoms with Crippen LogP contribution in [0.4, 0.5) is 8.78 Å². The first-order chi connectivity index (χ1) is 7.95. The Balaban J connectivity index is 2.98. The Labute approximate surface area is 97.0 Å². The minimum Gasteiger partial charge on any atom is -0.493 e. The third kappa shape index (κ3) is 3.39. The average Bonchev–Trinajstić information content (AvgIpc) is 2.24. The predicted octanol–water partition coefficient (Wildman–Crippen LogP) is 1.84. The first-order valence-corrected chi connectivity index (χ1v) is 4.96. The summed E-state index contributed by atoms with van der Waals surface area (Å²) in [7, 11) is 1.24. The highest BCUT2D eigenvalue weighted by Gasteiger charge is 2.18. The Kier molecular flexibility index (Phi) is 4.39. The van der Waals surface area contributed by atoms with Gasteiger partial charge >= 0.3 is 5.97 Å². The Hall–Kier alpha value is -1.69. The molecule has 1 unspecified atom stereocenters. The Morgan fingerprint density at radius 2 is 2.18 bits per heavy atom. The van der Waals surface area contributed by atoms with Gasteiger partial charge in [0.1, 0.15) is 5.82 Å². The van der Waals surface area contributed by atoms with Gasteiger partial charge in [-0.15, -0.1) is 0 Å². The maximum absolute atomic E-state index is 13.3. The number of nitrogens with two attached hydrogens (primary N) is 1. The number of carboxylic acids is 1. The fourth-order valence-electron chi connectivity index (χ4n) is 1.51. The van der Waals surface area contributed by atoms with Crippen molar-refractivity contribution < 1.29 is 23.4 Å². The molecule has 0 bridgehead atoms. The highest BCUT2D eigenvalue weighted by molar-refractivity contribution is 5.66. The molecule has 0 saturated carbocycles. The number of rotatable bonds is 5. The van der Waals surface area contributed by atoms with E-state index in [0.29, 0.717) is 6.07 Å². The van der Waals surface area contributed by atoms with E-state index in [1.807, 2.05) is 0 Å². The van der Waals surface area contributed by atoms with Gasteiger partial charge in [-0.3, -0.25) is 4.79 Å². The molecule has 1 aromatic carbocycles. The van der Waals surface area contributed by atoms with Gasteiger partial charge in [0.2, 0.25) is 0 Å². The zero-order valence-electron chi connectivity index (χ0n) is 9.24. The number of ether oxygens (including phenoxy) is 1. The molecule has 0 heterocycles. The number of aliphatic carboxylic acids is 1. The summed E-state index contributed by atoms with van der Waals surface area (Å²) in [6, 6.07) is 0.951. The number of halogens is 2. The van der Waals surface area contributed by atoms with Crippen molar-refractivity contribution in [3.8, 4) is 5.75 Å². The van der Waals surface area contributed by atoms with Crippen LogP contribution in [0.3, 0.4) is 0 Å². The molecule has 1 rings (SSSR count). The van der Waals surface area contributed by atoms with Gasteiger partial charge in [-0.1, -0.05) is 0 Å². The highest BCUT2D eigenvalue weighted by atomic mass is 19.1. The molecule has 17 heavy (non-hydrogen) atoms. The Bertz CT molecular complexity index is 423. The Morgan fingerprint density at radius 1 is 1.53 bits per heavy atom. The molecule has 0 aliphatic heterocycles. The van der Waals surface area contributed by atoms with Crippen LogP contribution >= 0.6 is 0 Å². The molecule has 0 amide bonds. The molecule has 3 N–H and O–H groups in total. The molecular formula is C11H13F2NO3. The minimum atomic E-state index is -1.02. The van der Waals surface area contributed by atoms with Crippen molar-refractivity contribution in [3.05, 3.63) is 29.3 Å². The number of methoxy groups -OCH3 is 1. The largest absolute Gasteiger partial charge is 0.493 e. The van der Waals surface area contributed by atoms with Crippen molar-refractivity contribution in [2.24, 2.45) is 5.73 Å². The van der Waals surface area contributed by atoms with Crippen LogP contribution < -0.4 is 10.5 Å². The molecule has 94 valence electrons. The smallest absolute Gasteiger partial charge is 0.303 e. The standard InChI is InChI=1S/C11H13F2NO3/c1-17-11-7(4-6(12)5-8(11)13)9(14)2-3-10(15)16/h4-5,9H,2-3,14H2,1H3,(H,15,16). The topological polar surface area (TPSA) is 72.5 Å². The minimum absolute atomic E-state index is 0.0780. The van der Waals surface area contributed by atoms with Crippen LogP contribution in [0.5, 0.6) is 5.75 Å². The van der Waals surface area contributed by atoms with E-state index < -0.39 is 23.6 Å². The normalized spacial score (nSPS) is 12.2. The molecule has 0 aliphatic rings. The summed E-state index contributed by atoms with van der Waals surface area (Å²) in [5.41, 5.74) is 5.81. The maximum atomic E-state index is 13.3. The van der Waals surface area contributed by atoms with Gasteiger partial charge in [-0.05, 0) is 12.5 Å². The molecule has 0 aliphatic carbocycles. The van der Waals surface area contributed by atoms with E-state index in [-0.39, 0.29) is 24.2 Å². The van der Waals surface area contributed by atoms with Gasteiger partial charge in [0.15, 0.2) is 11.6 Å². The maximum Gasteiger partial charge on any atom is 0.303 e. The van der Waals surface area contributed by atoms with Gasteiger partial charge in [-0.2, -0.15) is 0 Å². The number of hydrogen-bond acceptors (Lipinski definition) is 3. The van der Waals surface area contributed by atoms with E-state index in [4.69, 9.17) is 15.6 Å². The number of benzene rings is 1. The van der Waals surface area contributed by atoms with Crippen LogP contribution in [0.15, 0.2) is 12.1 Å². The van der Waals surface area contributed by atoms with E-state index in [9.17, 15) is 13.6 Å². The second kappa shape index (κ2) is 5.58. The molecular weight excluding hydrogens is 232 g/mol. The third-order valence-electron chi connectivity index (χ3n) is 2.31. The number of hydrogen-bond donors (Lipinski definition) is 2. The van der Waals surface area contributed by atoms with Crippen molar-refractivity contribution in [2.75, 3.05) is 7.11 Å². The summed E-state index contributed by atoms with van der Waals surface area (Å²) in [5, 5.41) is 8.51. The van der Waals surface area contributed by atoms with Crippen molar-refractivity contribution in [2.45, 2.75) is 18.9 Å². The van der Waals surface area contributed by atoms with Crippen LogP contribution in [-0.4, -0.2) is 18.2 Å². The van der Waals surface area contributed by atoms with Crippen molar-refractivity contribution >= 4 is 5.97 Å². The molecule has 4 nitrogen and oxygen atoms in total. The van der Waals surface area contributed by atoms with Crippen molar-refractivity contribution in [3.63, 3.8) is 0 Å². The van der Waals surface area contributed by atoms with Gasteiger partial charge < -0.3 is 15.6 Å². The van der Waals surface area contributed by atoms with E-state index >= 15 is 0 Å². The molecule has 6 heteroatoms. The second-order valence-corrected chi connectivity index (χ2v) is 3.55. The second-order valence-electron chi connectivity index (χ2n) is 3.55. The molecule has 1 aromatic rings. The first-order valence-electron chi connectivity index (χ1n) is 4.96. The van der Waals surface area contributed by atoms with Crippen LogP contribution in [0.25, 0.3) is 0 Å².